The van der Waals surface area contributed by atoms with Crippen molar-refractivity contribution >= 4 is 22.2 Å². The van der Waals surface area contributed by atoms with E-state index in [4.69, 9.17) is 4.74 Å². The van der Waals surface area contributed by atoms with Gasteiger partial charge < -0.3 is 10.1 Å². The average molecular weight is 319 g/mol. The van der Waals surface area contributed by atoms with E-state index in [9.17, 15) is 8.78 Å². The minimum absolute atomic E-state index is 0.0461. The predicted octanol–water partition coefficient (Wildman–Crippen LogP) is 4.14. The number of nitrogens with zero attached hydrogens (tertiary/aromatic N) is 2. The molecule has 0 fully saturated rings. The summed E-state index contributed by atoms with van der Waals surface area (Å²) in [6.07, 6.45) is 1.04. The van der Waals surface area contributed by atoms with Gasteiger partial charge >= 0.3 is 6.01 Å². The topological polar surface area (TPSA) is 47.0 Å². The zero-order valence-corrected chi connectivity index (χ0v) is 12.1. The molecule has 0 aliphatic heterocycles. The van der Waals surface area contributed by atoms with E-state index in [1.54, 1.807) is 12.1 Å². The van der Waals surface area contributed by atoms with Crippen LogP contribution in [0.4, 0.5) is 19.6 Å². The summed E-state index contributed by atoms with van der Waals surface area (Å²) >= 11 is 1.43. The molecule has 2 aromatic heterocycles. The summed E-state index contributed by atoms with van der Waals surface area (Å²) < 4.78 is 31.9. The molecule has 0 radical (unpaired) electrons. The standard InChI is InChI=1S/C15H11F2N3OS/c16-11-5-3-10(4-6-11)9-21-15-18-8-12(17)14(20-15)19-13-2-1-7-22-13/h1-8H,9H2,(H,18,19,20). The van der Waals surface area contributed by atoms with Crippen LogP contribution in [0.5, 0.6) is 6.01 Å². The van der Waals surface area contributed by atoms with Gasteiger partial charge in [0, 0.05) is 0 Å². The number of ether oxygens (including phenoxy) is 1. The molecule has 2 heterocycles. The fourth-order valence-corrected chi connectivity index (χ4v) is 2.32. The third-order valence-electron chi connectivity index (χ3n) is 2.77. The smallest absolute Gasteiger partial charge is 0.318 e. The van der Waals surface area contributed by atoms with Gasteiger partial charge in [0.25, 0.3) is 0 Å². The molecule has 0 aliphatic carbocycles. The van der Waals surface area contributed by atoms with Crippen molar-refractivity contribution in [2.45, 2.75) is 6.61 Å². The number of anilines is 2. The lowest BCUT2D eigenvalue weighted by Crippen LogP contribution is -2.03. The van der Waals surface area contributed by atoms with Crippen molar-refractivity contribution in [3.63, 3.8) is 0 Å². The maximum absolute atomic E-state index is 13.7. The first-order valence-electron chi connectivity index (χ1n) is 6.41. The second kappa shape index (κ2) is 6.48. The van der Waals surface area contributed by atoms with Crippen LogP contribution in [0.2, 0.25) is 0 Å². The van der Waals surface area contributed by atoms with Crippen LogP contribution in [0, 0.1) is 11.6 Å². The van der Waals surface area contributed by atoms with Crippen molar-refractivity contribution in [2.75, 3.05) is 5.32 Å². The van der Waals surface area contributed by atoms with Crippen LogP contribution in [-0.2, 0) is 6.61 Å². The van der Waals surface area contributed by atoms with E-state index >= 15 is 0 Å². The summed E-state index contributed by atoms with van der Waals surface area (Å²) in [5.41, 5.74) is 0.766. The van der Waals surface area contributed by atoms with Crippen molar-refractivity contribution < 1.29 is 13.5 Å². The van der Waals surface area contributed by atoms with Gasteiger partial charge in [-0.1, -0.05) is 12.1 Å². The van der Waals surface area contributed by atoms with Gasteiger partial charge in [0.15, 0.2) is 11.6 Å². The Morgan fingerprint density at radius 1 is 1.14 bits per heavy atom. The minimum Gasteiger partial charge on any atom is -0.459 e. The van der Waals surface area contributed by atoms with E-state index in [0.717, 1.165) is 16.8 Å². The van der Waals surface area contributed by atoms with Crippen LogP contribution in [0.25, 0.3) is 0 Å². The summed E-state index contributed by atoms with van der Waals surface area (Å²) in [6.45, 7) is 0.171. The Balaban J connectivity index is 1.70. The lowest BCUT2D eigenvalue weighted by molar-refractivity contribution is 0.280. The van der Waals surface area contributed by atoms with Crippen LogP contribution in [0.3, 0.4) is 0 Å². The van der Waals surface area contributed by atoms with Gasteiger partial charge in [-0.15, -0.1) is 11.3 Å². The largest absolute Gasteiger partial charge is 0.459 e. The molecule has 1 N–H and O–H groups in total. The third kappa shape index (κ3) is 3.56. The number of rotatable bonds is 5. The Kier molecular flexibility index (Phi) is 4.24. The maximum atomic E-state index is 13.7. The first-order valence-corrected chi connectivity index (χ1v) is 7.29. The second-order valence-corrected chi connectivity index (χ2v) is 5.31. The molecule has 0 saturated heterocycles. The minimum atomic E-state index is -0.567. The lowest BCUT2D eigenvalue weighted by atomic mass is 10.2. The number of hydrogen-bond donors (Lipinski definition) is 1. The zero-order valence-electron chi connectivity index (χ0n) is 11.3. The van der Waals surface area contributed by atoms with E-state index < -0.39 is 5.82 Å². The number of halogens is 2. The second-order valence-electron chi connectivity index (χ2n) is 4.37. The molecule has 4 nitrogen and oxygen atoms in total. The number of nitrogens with one attached hydrogen (secondary N) is 1. The molecule has 22 heavy (non-hydrogen) atoms. The van der Waals surface area contributed by atoms with Crippen LogP contribution in [0.1, 0.15) is 5.56 Å². The van der Waals surface area contributed by atoms with Crippen molar-refractivity contribution in [1.82, 2.24) is 9.97 Å². The molecule has 0 atom stereocenters. The van der Waals surface area contributed by atoms with Crippen molar-refractivity contribution in [1.29, 1.82) is 0 Å². The molecule has 0 amide bonds. The number of benzene rings is 1. The summed E-state index contributed by atoms with van der Waals surface area (Å²) in [5.74, 6) is -0.835. The van der Waals surface area contributed by atoms with Gasteiger partial charge in [-0.25, -0.2) is 13.8 Å². The first kappa shape index (κ1) is 14.4. The molecule has 7 heteroatoms. The molecular weight excluding hydrogens is 308 g/mol. The third-order valence-corrected chi connectivity index (χ3v) is 3.55. The van der Waals surface area contributed by atoms with E-state index in [2.05, 4.69) is 15.3 Å². The molecule has 3 rings (SSSR count). The predicted molar refractivity (Wildman–Crippen MR) is 80.3 cm³/mol. The summed E-state index contributed by atoms with van der Waals surface area (Å²) in [5, 5.41) is 5.50. The van der Waals surface area contributed by atoms with Gasteiger partial charge in [0.2, 0.25) is 0 Å². The molecule has 3 aromatic rings. The Bertz CT molecular complexity index is 748. The molecule has 1 aromatic carbocycles. The fourth-order valence-electron chi connectivity index (χ4n) is 1.70. The van der Waals surface area contributed by atoms with Crippen LogP contribution < -0.4 is 10.1 Å². The van der Waals surface area contributed by atoms with E-state index in [1.165, 1.54) is 23.5 Å². The SMILES string of the molecule is Fc1ccc(COc2ncc(F)c(Nc3cccs3)n2)cc1. The van der Waals surface area contributed by atoms with E-state index in [-0.39, 0.29) is 24.3 Å². The highest BCUT2D eigenvalue weighted by molar-refractivity contribution is 7.14. The number of hydrogen-bond acceptors (Lipinski definition) is 5. The molecule has 0 spiro atoms. The number of aromatic nitrogens is 2. The van der Waals surface area contributed by atoms with Gasteiger partial charge in [0.05, 0.1) is 11.2 Å². The normalized spacial score (nSPS) is 10.5. The number of thiophene rings is 1. The molecular formula is C15H11F2N3OS. The van der Waals surface area contributed by atoms with Crippen LogP contribution in [0.15, 0.2) is 48.0 Å². The van der Waals surface area contributed by atoms with E-state index in [1.807, 2.05) is 17.5 Å². The van der Waals surface area contributed by atoms with Crippen molar-refractivity contribution in [2.24, 2.45) is 0 Å². The van der Waals surface area contributed by atoms with Gasteiger partial charge in [0.1, 0.15) is 12.4 Å². The first-order chi connectivity index (χ1) is 10.7. The Labute approximate surface area is 129 Å². The summed E-state index contributed by atoms with van der Waals surface area (Å²) in [7, 11) is 0. The average Bonchev–Trinajstić information content (AvgIpc) is 3.03. The Morgan fingerprint density at radius 2 is 1.95 bits per heavy atom. The fraction of sp³-hybridized carbons (Fsp3) is 0.0667. The van der Waals surface area contributed by atoms with Crippen molar-refractivity contribution in [3.05, 3.63) is 65.2 Å². The molecule has 0 saturated carbocycles. The highest BCUT2D eigenvalue weighted by atomic mass is 32.1. The van der Waals surface area contributed by atoms with Gasteiger partial charge in [-0.2, -0.15) is 4.98 Å². The van der Waals surface area contributed by atoms with Gasteiger partial charge in [-0.05, 0) is 35.2 Å². The van der Waals surface area contributed by atoms with Crippen LogP contribution >= 0.6 is 11.3 Å². The maximum Gasteiger partial charge on any atom is 0.318 e. The van der Waals surface area contributed by atoms with Crippen molar-refractivity contribution in [3.8, 4) is 6.01 Å². The molecule has 0 aliphatic rings. The molecule has 112 valence electrons. The summed E-state index contributed by atoms with van der Waals surface area (Å²) in [4.78, 5) is 7.77. The highest BCUT2D eigenvalue weighted by Gasteiger charge is 2.09. The van der Waals surface area contributed by atoms with Gasteiger partial charge in [-0.3, -0.25) is 0 Å². The quantitative estimate of drug-likeness (QED) is 0.768. The Morgan fingerprint density at radius 3 is 2.68 bits per heavy atom. The van der Waals surface area contributed by atoms with Crippen LogP contribution in [-0.4, -0.2) is 9.97 Å². The summed E-state index contributed by atoms with van der Waals surface area (Å²) in [6, 6.07) is 9.59. The lowest BCUT2D eigenvalue weighted by Gasteiger charge is -2.07. The molecule has 0 bridgehead atoms. The van der Waals surface area contributed by atoms with E-state index in [0.29, 0.717) is 0 Å². The monoisotopic (exact) mass is 319 g/mol. The highest BCUT2D eigenvalue weighted by Crippen LogP contribution is 2.23. The Hall–Kier alpha value is -2.54. The molecule has 0 unspecified atom stereocenters. The zero-order chi connectivity index (χ0) is 15.4.